The van der Waals surface area contributed by atoms with Gasteiger partial charge in [0, 0.05) is 6.04 Å². The molecule has 1 aromatic rings. The Morgan fingerprint density at radius 1 is 1.45 bits per heavy atom. The Morgan fingerprint density at radius 3 is 2.85 bits per heavy atom. The third kappa shape index (κ3) is 3.20. The molecule has 1 amide bonds. The van der Waals surface area contributed by atoms with E-state index in [1.165, 1.54) is 19.2 Å². The molecule has 0 spiro atoms. The van der Waals surface area contributed by atoms with Gasteiger partial charge >= 0.3 is 0 Å². The van der Waals surface area contributed by atoms with E-state index in [4.69, 9.17) is 4.42 Å². The predicted molar refractivity (Wildman–Crippen MR) is 72.9 cm³/mol. The summed E-state index contributed by atoms with van der Waals surface area (Å²) in [5.74, 6) is -0.0611. The second kappa shape index (κ2) is 5.94. The number of nitrogens with one attached hydrogen (secondary N) is 3. The summed E-state index contributed by atoms with van der Waals surface area (Å²) in [5.41, 5.74) is 0. The zero-order valence-corrected chi connectivity index (χ0v) is 12.3. The fourth-order valence-electron chi connectivity index (χ4n) is 2.16. The van der Waals surface area contributed by atoms with Crippen LogP contribution >= 0.6 is 0 Å². The van der Waals surface area contributed by atoms with E-state index in [0.717, 1.165) is 19.5 Å². The van der Waals surface area contributed by atoms with Crippen LogP contribution in [0.3, 0.4) is 0 Å². The summed E-state index contributed by atoms with van der Waals surface area (Å²) in [6, 6.07) is 2.70. The molecule has 1 aromatic heterocycles. The van der Waals surface area contributed by atoms with Gasteiger partial charge in [-0.1, -0.05) is 6.92 Å². The van der Waals surface area contributed by atoms with Crippen LogP contribution in [0.4, 0.5) is 0 Å². The lowest BCUT2D eigenvalue weighted by molar-refractivity contribution is 0.0880. The van der Waals surface area contributed by atoms with Crippen LogP contribution in [0, 0.1) is 5.92 Å². The molecular formula is C12H19N3O4S. The highest BCUT2D eigenvalue weighted by Gasteiger charge is 2.25. The van der Waals surface area contributed by atoms with E-state index in [-0.39, 0.29) is 22.8 Å². The van der Waals surface area contributed by atoms with Crippen molar-refractivity contribution >= 4 is 15.9 Å². The lowest BCUT2D eigenvalue weighted by Crippen LogP contribution is -2.48. The van der Waals surface area contributed by atoms with E-state index in [0.29, 0.717) is 5.92 Å². The minimum absolute atomic E-state index is 0.00422. The first-order chi connectivity index (χ1) is 9.44. The summed E-state index contributed by atoms with van der Waals surface area (Å²) in [6.45, 7) is 3.76. The Morgan fingerprint density at radius 2 is 2.20 bits per heavy atom. The van der Waals surface area contributed by atoms with E-state index < -0.39 is 10.0 Å². The van der Waals surface area contributed by atoms with Gasteiger partial charge in [0.15, 0.2) is 5.76 Å². The minimum atomic E-state index is -3.66. The van der Waals surface area contributed by atoms with Crippen molar-refractivity contribution in [3.63, 3.8) is 0 Å². The molecule has 2 atom stereocenters. The lowest BCUT2D eigenvalue weighted by Gasteiger charge is -2.29. The molecule has 2 unspecified atom stereocenters. The normalized spacial score (nSPS) is 23.5. The monoisotopic (exact) mass is 301 g/mol. The van der Waals surface area contributed by atoms with Gasteiger partial charge in [-0.3, -0.25) is 4.79 Å². The Bertz CT molecular complexity index is 581. The highest BCUT2D eigenvalue weighted by Crippen LogP contribution is 2.15. The number of carbonyl (C=O) groups excluding carboxylic acids is 1. The molecule has 0 radical (unpaired) electrons. The molecule has 1 saturated heterocycles. The van der Waals surface area contributed by atoms with Crippen LogP contribution in [0.2, 0.25) is 0 Å². The molecule has 2 rings (SSSR count). The average Bonchev–Trinajstić information content (AvgIpc) is 2.92. The number of furan rings is 1. The van der Waals surface area contributed by atoms with Crippen molar-refractivity contribution in [1.29, 1.82) is 0 Å². The van der Waals surface area contributed by atoms with Crippen LogP contribution in [-0.2, 0) is 10.0 Å². The molecule has 1 aliphatic rings. The van der Waals surface area contributed by atoms with Crippen LogP contribution in [0.5, 0.6) is 0 Å². The Hall–Kier alpha value is -1.38. The Labute approximate surface area is 118 Å². The maximum atomic E-state index is 12.0. The van der Waals surface area contributed by atoms with Gasteiger partial charge in [-0.2, -0.15) is 0 Å². The molecule has 7 nitrogen and oxygen atoms in total. The number of sulfonamides is 1. The molecule has 1 fully saturated rings. The molecule has 0 saturated carbocycles. The van der Waals surface area contributed by atoms with E-state index in [2.05, 4.69) is 22.3 Å². The van der Waals surface area contributed by atoms with Gasteiger partial charge in [0.1, 0.15) is 0 Å². The lowest BCUT2D eigenvalue weighted by atomic mass is 9.95. The van der Waals surface area contributed by atoms with E-state index in [1.54, 1.807) is 0 Å². The van der Waals surface area contributed by atoms with Crippen molar-refractivity contribution in [2.75, 3.05) is 20.1 Å². The molecule has 0 aromatic carbocycles. The second-order valence-corrected chi connectivity index (χ2v) is 6.69. The molecular weight excluding hydrogens is 282 g/mol. The summed E-state index contributed by atoms with van der Waals surface area (Å²) >= 11 is 0. The summed E-state index contributed by atoms with van der Waals surface area (Å²) in [4.78, 5) is 12.0. The fourth-order valence-corrected chi connectivity index (χ4v) is 2.80. The minimum Gasteiger partial charge on any atom is -0.438 e. The highest BCUT2D eigenvalue weighted by atomic mass is 32.2. The summed E-state index contributed by atoms with van der Waals surface area (Å²) in [7, 11) is -2.38. The zero-order valence-electron chi connectivity index (χ0n) is 11.5. The number of carbonyl (C=O) groups is 1. The smallest absolute Gasteiger partial charge is 0.287 e. The first-order valence-corrected chi connectivity index (χ1v) is 7.97. The molecule has 3 N–H and O–H groups in total. The van der Waals surface area contributed by atoms with Crippen molar-refractivity contribution in [3.8, 4) is 0 Å². The van der Waals surface area contributed by atoms with Crippen LogP contribution in [0.1, 0.15) is 23.9 Å². The molecule has 0 bridgehead atoms. The van der Waals surface area contributed by atoms with Gasteiger partial charge in [0.25, 0.3) is 15.9 Å². The summed E-state index contributed by atoms with van der Waals surface area (Å²) in [5, 5.41) is 5.87. The molecule has 20 heavy (non-hydrogen) atoms. The number of piperidine rings is 1. The SMILES string of the molecule is CNS(=O)(=O)c1ccc(C(=O)NC2CCNCC2C)o1. The molecule has 1 aliphatic heterocycles. The van der Waals surface area contributed by atoms with Gasteiger partial charge in [-0.25, -0.2) is 13.1 Å². The maximum Gasteiger partial charge on any atom is 0.287 e. The summed E-state index contributed by atoms with van der Waals surface area (Å²) in [6.07, 6.45) is 0.843. The average molecular weight is 301 g/mol. The third-order valence-electron chi connectivity index (χ3n) is 3.44. The van der Waals surface area contributed by atoms with Gasteiger partial charge in [0.2, 0.25) is 5.09 Å². The number of amides is 1. The van der Waals surface area contributed by atoms with Crippen LogP contribution in [-0.4, -0.2) is 40.5 Å². The van der Waals surface area contributed by atoms with Gasteiger partial charge in [-0.05, 0) is 44.6 Å². The zero-order chi connectivity index (χ0) is 14.8. The number of hydrogen-bond acceptors (Lipinski definition) is 5. The van der Waals surface area contributed by atoms with Gasteiger partial charge < -0.3 is 15.1 Å². The molecule has 112 valence electrons. The quantitative estimate of drug-likeness (QED) is 0.722. The Balaban J connectivity index is 2.06. The number of hydrogen-bond donors (Lipinski definition) is 3. The second-order valence-electron chi connectivity index (χ2n) is 4.88. The Kier molecular flexibility index (Phi) is 4.46. The van der Waals surface area contributed by atoms with Gasteiger partial charge in [-0.15, -0.1) is 0 Å². The standard InChI is InChI=1S/C12H19N3O4S/c1-8-7-14-6-5-9(8)15-12(16)10-3-4-11(19-10)20(17,18)13-2/h3-4,8-9,13-14H,5-7H2,1-2H3,(H,15,16). The van der Waals surface area contributed by atoms with Crippen LogP contribution in [0.25, 0.3) is 0 Å². The van der Waals surface area contributed by atoms with Crippen molar-refractivity contribution in [1.82, 2.24) is 15.4 Å². The first-order valence-electron chi connectivity index (χ1n) is 6.49. The molecule has 2 heterocycles. The topological polar surface area (TPSA) is 100 Å². The molecule has 8 heteroatoms. The van der Waals surface area contributed by atoms with Crippen LogP contribution in [0.15, 0.2) is 21.6 Å². The van der Waals surface area contributed by atoms with Crippen molar-refractivity contribution in [3.05, 3.63) is 17.9 Å². The largest absolute Gasteiger partial charge is 0.438 e. The van der Waals surface area contributed by atoms with E-state index >= 15 is 0 Å². The molecule has 0 aliphatic carbocycles. The first kappa shape index (κ1) is 15.0. The maximum absolute atomic E-state index is 12.0. The fraction of sp³-hybridized carbons (Fsp3) is 0.583. The van der Waals surface area contributed by atoms with Gasteiger partial charge in [0.05, 0.1) is 0 Å². The third-order valence-corrected chi connectivity index (χ3v) is 4.73. The van der Waals surface area contributed by atoms with E-state index in [1.807, 2.05) is 0 Å². The highest BCUT2D eigenvalue weighted by molar-refractivity contribution is 7.89. The predicted octanol–water partition coefficient (Wildman–Crippen LogP) is -0.0845. The number of rotatable bonds is 4. The van der Waals surface area contributed by atoms with E-state index in [9.17, 15) is 13.2 Å². The van der Waals surface area contributed by atoms with Crippen molar-refractivity contribution in [2.24, 2.45) is 5.92 Å². The summed E-state index contributed by atoms with van der Waals surface area (Å²) < 4.78 is 30.3. The van der Waals surface area contributed by atoms with Crippen molar-refractivity contribution < 1.29 is 17.6 Å². The van der Waals surface area contributed by atoms with Crippen LogP contribution < -0.4 is 15.4 Å². The van der Waals surface area contributed by atoms with Crippen molar-refractivity contribution in [2.45, 2.75) is 24.5 Å².